The molecule has 5 rings (SSSR count). The summed E-state index contributed by atoms with van der Waals surface area (Å²) in [5.41, 5.74) is 3.93. The van der Waals surface area contributed by atoms with Crippen LogP contribution >= 0.6 is 0 Å². The quantitative estimate of drug-likeness (QED) is 0.699. The molecule has 31 heavy (non-hydrogen) atoms. The van der Waals surface area contributed by atoms with Crippen molar-refractivity contribution in [2.45, 2.75) is 52.6 Å². The van der Waals surface area contributed by atoms with E-state index in [1.54, 1.807) is 0 Å². The predicted octanol–water partition coefficient (Wildman–Crippen LogP) is 3.95. The highest BCUT2D eigenvalue weighted by Gasteiger charge is 2.38. The molecule has 3 heterocycles. The van der Waals surface area contributed by atoms with Gasteiger partial charge in [-0.05, 0) is 31.2 Å². The first-order valence-electron chi connectivity index (χ1n) is 11.0. The molecule has 0 radical (unpaired) electrons. The van der Waals surface area contributed by atoms with Crippen LogP contribution < -0.4 is 0 Å². The number of amides is 1. The van der Waals surface area contributed by atoms with Gasteiger partial charge in [-0.15, -0.1) is 0 Å². The first kappa shape index (κ1) is 19.7. The molecular formula is C24H27N5O2. The normalized spacial score (nSPS) is 18.3. The van der Waals surface area contributed by atoms with E-state index in [0.29, 0.717) is 31.0 Å². The SMILES string of the molecule is Cc1c(C(=O)N2CCn3nc(-c4ccccc4)nc3[C@@H]2C(C)C)[nH]c2c1C(=O)CCC2. The molecule has 0 saturated heterocycles. The van der Waals surface area contributed by atoms with Crippen molar-refractivity contribution in [2.75, 3.05) is 6.54 Å². The number of carbonyl (C=O) groups is 2. The van der Waals surface area contributed by atoms with Crippen molar-refractivity contribution in [1.29, 1.82) is 0 Å². The van der Waals surface area contributed by atoms with E-state index in [9.17, 15) is 9.59 Å². The molecule has 1 aliphatic carbocycles. The number of benzene rings is 1. The number of carbonyl (C=O) groups excluding carboxylic acids is 2. The van der Waals surface area contributed by atoms with Gasteiger partial charge < -0.3 is 9.88 Å². The summed E-state index contributed by atoms with van der Waals surface area (Å²) in [5, 5.41) is 4.72. The minimum atomic E-state index is -0.179. The van der Waals surface area contributed by atoms with Crippen LogP contribution in [-0.2, 0) is 13.0 Å². The van der Waals surface area contributed by atoms with E-state index < -0.39 is 0 Å². The Morgan fingerprint density at radius 3 is 2.65 bits per heavy atom. The number of aryl methyl sites for hydroxylation is 1. The standard InChI is InChI=1S/C24H27N5O2/c1-14(2)21-23-26-22(16-8-5-4-6-9-16)27-29(23)13-12-28(21)24(31)20-15(3)19-17(25-20)10-7-11-18(19)30/h4-6,8-9,14,21,25H,7,10-13H2,1-3H3/t21-/m0/s1. The maximum absolute atomic E-state index is 13.7. The van der Waals surface area contributed by atoms with Crippen molar-refractivity contribution in [3.63, 3.8) is 0 Å². The van der Waals surface area contributed by atoms with Gasteiger partial charge >= 0.3 is 0 Å². The number of aromatic nitrogens is 4. The molecule has 0 spiro atoms. The molecule has 0 saturated carbocycles. The van der Waals surface area contributed by atoms with Crippen LogP contribution in [0.1, 0.15) is 70.7 Å². The van der Waals surface area contributed by atoms with Gasteiger partial charge in [0.2, 0.25) is 0 Å². The van der Waals surface area contributed by atoms with Crippen molar-refractivity contribution in [3.05, 3.63) is 58.7 Å². The van der Waals surface area contributed by atoms with Gasteiger partial charge in [0.25, 0.3) is 5.91 Å². The van der Waals surface area contributed by atoms with Crippen LogP contribution in [0.2, 0.25) is 0 Å². The molecule has 1 aromatic carbocycles. The maximum atomic E-state index is 13.7. The monoisotopic (exact) mass is 417 g/mol. The molecule has 0 bridgehead atoms. The van der Waals surface area contributed by atoms with Gasteiger partial charge in [-0.2, -0.15) is 5.10 Å². The number of ketones is 1. The van der Waals surface area contributed by atoms with Crippen molar-refractivity contribution in [1.82, 2.24) is 24.6 Å². The summed E-state index contributed by atoms with van der Waals surface area (Å²) in [6, 6.07) is 9.74. The maximum Gasteiger partial charge on any atom is 0.271 e. The predicted molar refractivity (Wildman–Crippen MR) is 117 cm³/mol. The third-order valence-electron chi connectivity index (χ3n) is 6.43. The molecule has 1 amide bonds. The highest BCUT2D eigenvalue weighted by Crippen LogP contribution is 2.35. The Morgan fingerprint density at radius 2 is 1.94 bits per heavy atom. The molecule has 7 heteroatoms. The van der Waals surface area contributed by atoms with Gasteiger partial charge in [-0.3, -0.25) is 9.59 Å². The highest BCUT2D eigenvalue weighted by atomic mass is 16.2. The molecular weight excluding hydrogens is 390 g/mol. The third-order valence-corrected chi connectivity index (χ3v) is 6.43. The van der Waals surface area contributed by atoms with Gasteiger partial charge in [0.1, 0.15) is 5.69 Å². The number of nitrogens with zero attached hydrogens (tertiary/aromatic N) is 4. The van der Waals surface area contributed by atoms with E-state index in [-0.39, 0.29) is 23.7 Å². The van der Waals surface area contributed by atoms with E-state index in [1.807, 2.05) is 46.8 Å². The van der Waals surface area contributed by atoms with E-state index >= 15 is 0 Å². The fourth-order valence-electron chi connectivity index (χ4n) is 4.95. The van der Waals surface area contributed by atoms with Crippen LogP contribution in [0, 0.1) is 12.8 Å². The minimum absolute atomic E-state index is 0.0612. The van der Waals surface area contributed by atoms with Gasteiger partial charge in [-0.1, -0.05) is 44.2 Å². The number of aromatic amines is 1. The number of rotatable bonds is 3. The lowest BCUT2D eigenvalue weighted by atomic mass is 9.93. The van der Waals surface area contributed by atoms with E-state index in [2.05, 4.69) is 18.8 Å². The molecule has 2 aromatic heterocycles. The fraction of sp³-hybridized carbons (Fsp3) is 0.417. The summed E-state index contributed by atoms with van der Waals surface area (Å²) < 4.78 is 1.94. The van der Waals surface area contributed by atoms with Crippen LogP contribution in [0.15, 0.2) is 30.3 Å². The molecule has 2 aliphatic rings. The lowest BCUT2D eigenvalue weighted by molar-refractivity contribution is 0.0530. The number of hydrogen-bond donors (Lipinski definition) is 1. The highest BCUT2D eigenvalue weighted by molar-refractivity contribution is 6.04. The lowest BCUT2D eigenvalue weighted by Crippen LogP contribution is -2.45. The number of Topliss-reactive ketones (excluding diaryl/α,β-unsaturated/α-hetero) is 1. The Bertz CT molecular complexity index is 1160. The topological polar surface area (TPSA) is 83.9 Å². The van der Waals surface area contributed by atoms with E-state index in [0.717, 1.165) is 41.1 Å². The third kappa shape index (κ3) is 3.19. The largest absolute Gasteiger partial charge is 0.354 e. The van der Waals surface area contributed by atoms with Gasteiger partial charge in [0.15, 0.2) is 17.4 Å². The zero-order valence-corrected chi connectivity index (χ0v) is 18.2. The van der Waals surface area contributed by atoms with Crippen LogP contribution in [-0.4, -0.2) is 42.9 Å². The van der Waals surface area contributed by atoms with Crippen molar-refractivity contribution < 1.29 is 9.59 Å². The summed E-state index contributed by atoms with van der Waals surface area (Å²) in [5.74, 6) is 1.75. The summed E-state index contributed by atoms with van der Waals surface area (Å²) in [4.78, 5) is 36.1. The van der Waals surface area contributed by atoms with Crippen molar-refractivity contribution in [2.24, 2.45) is 5.92 Å². The van der Waals surface area contributed by atoms with E-state index in [4.69, 9.17) is 10.1 Å². The summed E-state index contributed by atoms with van der Waals surface area (Å²) in [6.07, 6.45) is 2.21. The summed E-state index contributed by atoms with van der Waals surface area (Å²) in [7, 11) is 0. The molecule has 3 aromatic rings. The number of H-pyrrole nitrogens is 1. The molecule has 0 fully saturated rings. The zero-order valence-electron chi connectivity index (χ0n) is 18.2. The van der Waals surface area contributed by atoms with Crippen LogP contribution in [0.25, 0.3) is 11.4 Å². The second-order valence-corrected chi connectivity index (χ2v) is 8.83. The fourth-order valence-corrected chi connectivity index (χ4v) is 4.95. The Hall–Kier alpha value is -3.22. The smallest absolute Gasteiger partial charge is 0.271 e. The van der Waals surface area contributed by atoms with Crippen molar-refractivity contribution >= 4 is 11.7 Å². The Labute approximate surface area is 181 Å². The first-order chi connectivity index (χ1) is 15.0. The second-order valence-electron chi connectivity index (χ2n) is 8.83. The molecule has 0 unspecified atom stereocenters. The van der Waals surface area contributed by atoms with Crippen LogP contribution in [0.3, 0.4) is 0 Å². The average molecular weight is 418 g/mol. The van der Waals surface area contributed by atoms with Crippen LogP contribution in [0.4, 0.5) is 0 Å². The number of nitrogens with one attached hydrogen (secondary N) is 1. The second kappa shape index (κ2) is 7.48. The van der Waals surface area contributed by atoms with Gasteiger partial charge in [-0.25, -0.2) is 9.67 Å². The van der Waals surface area contributed by atoms with Crippen LogP contribution in [0.5, 0.6) is 0 Å². The van der Waals surface area contributed by atoms with Gasteiger partial charge in [0, 0.05) is 29.8 Å². The molecule has 1 N–H and O–H groups in total. The van der Waals surface area contributed by atoms with Gasteiger partial charge in [0.05, 0.1) is 12.6 Å². The minimum Gasteiger partial charge on any atom is -0.354 e. The number of hydrogen-bond acceptors (Lipinski definition) is 4. The molecule has 7 nitrogen and oxygen atoms in total. The number of fused-ring (bicyclic) bond motifs is 2. The first-order valence-corrected chi connectivity index (χ1v) is 11.0. The molecule has 1 atom stereocenters. The average Bonchev–Trinajstić information content (AvgIpc) is 3.35. The van der Waals surface area contributed by atoms with E-state index in [1.165, 1.54) is 0 Å². The summed E-state index contributed by atoms with van der Waals surface area (Å²) in [6.45, 7) is 7.25. The summed E-state index contributed by atoms with van der Waals surface area (Å²) >= 11 is 0. The van der Waals surface area contributed by atoms with Crippen molar-refractivity contribution in [3.8, 4) is 11.4 Å². The molecule has 160 valence electrons. The zero-order chi connectivity index (χ0) is 21.7. The lowest BCUT2D eigenvalue weighted by Gasteiger charge is -2.37. The molecule has 1 aliphatic heterocycles. The Kier molecular flexibility index (Phi) is 4.76. The Balaban J connectivity index is 1.52. The Morgan fingerprint density at radius 1 is 1.16 bits per heavy atom.